The largest absolute Gasteiger partial charge is 0.341 e. The first kappa shape index (κ1) is 34.3. The van der Waals surface area contributed by atoms with Crippen LogP contribution in [0.2, 0.25) is 0 Å². The first-order chi connectivity index (χ1) is 28.3. The second kappa shape index (κ2) is 14.8. The Morgan fingerprint density at radius 1 is 0.211 bits per heavy atom. The van der Waals surface area contributed by atoms with Crippen LogP contribution in [0.3, 0.4) is 0 Å². The monoisotopic (exact) mass is 744 g/mol. The van der Waals surface area contributed by atoms with Crippen LogP contribution in [0.1, 0.15) is 0 Å². The van der Waals surface area contributed by atoms with E-state index in [1.165, 1.54) is 66.3 Å². The number of nitrogens with zero attached hydrogens (tertiary/aromatic N) is 2. The van der Waals surface area contributed by atoms with Crippen LogP contribution in [0.15, 0.2) is 243 Å². The van der Waals surface area contributed by atoms with Gasteiger partial charge in [0.05, 0.1) is 11.4 Å². The predicted molar refractivity (Wildman–Crippen MR) is 243 cm³/mol. The molecule has 0 amide bonds. The molecule has 0 fully saturated rings. The second-order valence-electron chi connectivity index (χ2n) is 14.5. The van der Waals surface area contributed by atoms with Gasteiger partial charge in [0.1, 0.15) is 0 Å². The Bertz CT molecular complexity index is 2540. The van der Waals surface area contributed by atoms with Crippen LogP contribution in [0.5, 0.6) is 0 Å². The van der Waals surface area contributed by atoms with Gasteiger partial charge in [-0.15, -0.1) is 0 Å². The third-order valence-corrected chi connectivity index (χ3v) is 15.8. The van der Waals surface area contributed by atoms with Crippen LogP contribution in [0.25, 0.3) is 44.5 Å². The lowest BCUT2D eigenvalue weighted by atomic mass is 10.1. The Balaban J connectivity index is 1.23. The van der Waals surface area contributed by atoms with E-state index in [1.54, 1.807) is 0 Å². The molecule has 0 saturated carbocycles. The van der Waals surface area contributed by atoms with Gasteiger partial charge in [0.2, 0.25) is 0 Å². The van der Waals surface area contributed by atoms with Crippen LogP contribution in [-0.2, 0) is 0 Å². The molecule has 1 heterocycles. The summed E-state index contributed by atoms with van der Waals surface area (Å²) < 4.78 is 5.38. The van der Waals surface area contributed by atoms with Crippen molar-refractivity contribution < 1.29 is 0 Å². The van der Waals surface area contributed by atoms with E-state index in [-0.39, 0.29) is 0 Å². The van der Waals surface area contributed by atoms with Gasteiger partial charge >= 0.3 is 8.40 Å². The van der Waals surface area contributed by atoms with E-state index in [0.29, 0.717) is 0 Å². The molecule has 0 aliphatic carbocycles. The predicted octanol–water partition coefficient (Wildman–Crippen LogP) is 12.9. The number of hydrogen-bond donors (Lipinski definition) is 0. The highest BCUT2D eigenvalue weighted by Crippen LogP contribution is 2.51. The zero-order valence-corrected chi connectivity index (χ0v) is 32.5. The fourth-order valence-corrected chi connectivity index (χ4v) is 13.5. The van der Waals surface area contributed by atoms with Crippen molar-refractivity contribution in [3.05, 3.63) is 243 Å². The molecule has 1 aliphatic rings. The van der Waals surface area contributed by atoms with E-state index >= 15 is 0 Å². The average molecular weight is 745 g/mol. The first-order valence-corrected chi connectivity index (χ1v) is 21.5. The molecule has 9 aromatic carbocycles. The molecule has 10 rings (SSSR count). The van der Waals surface area contributed by atoms with Crippen molar-refractivity contribution in [1.82, 2.24) is 0 Å². The number of fused-ring (bicyclic) bond motifs is 1. The summed E-state index contributed by atoms with van der Waals surface area (Å²) in [7, 11) is -3.20. The van der Waals surface area contributed by atoms with Gasteiger partial charge in [0.15, 0.2) is 0 Å². The molecule has 0 unspecified atom stereocenters. The van der Waals surface area contributed by atoms with Crippen LogP contribution >= 0.6 is 0 Å². The first-order valence-electron chi connectivity index (χ1n) is 19.6. The van der Waals surface area contributed by atoms with Crippen LogP contribution in [-0.4, -0.2) is 8.40 Å². The third kappa shape index (κ3) is 6.15. The summed E-state index contributed by atoms with van der Waals surface area (Å²) in [5.41, 5.74) is 14.4. The fourth-order valence-electron chi connectivity index (χ4n) is 8.54. The zero-order valence-electron chi connectivity index (χ0n) is 31.5. The summed E-state index contributed by atoms with van der Waals surface area (Å²) in [6.07, 6.45) is 0. The molecule has 0 radical (unpaired) electrons. The summed E-state index contributed by atoms with van der Waals surface area (Å²) in [5, 5.41) is 2.59. The molecule has 0 aromatic heterocycles. The molecule has 3 heteroatoms. The minimum Gasteiger partial charge on any atom is -0.341 e. The normalized spacial score (nSPS) is 13.0. The molecule has 9 aromatic rings. The van der Waals surface area contributed by atoms with Crippen LogP contribution < -0.4 is 19.5 Å². The Hall–Kier alpha value is -7.20. The molecule has 1 aliphatic heterocycles. The third-order valence-electron chi connectivity index (χ3n) is 11.3. The fraction of sp³-hybridized carbons (Fsp3) is 0. The van der Waals surface area contributed by atoms with Crippen molar-refractivity contribution in [2.75, 3.05) is 9.13 Å². The number of hydrogen-bond acceptors (Lipinski definition) is 2. The Morgan fingerprint density at radius 3 is 0.719 bits per heavy atom. The average Bonchev–Trinajstić information content (AvgIpc) is 3.62. The number of para-hydroxylation sites is 2. The van der Waals surface area contributed by atoms with Gasteiger partial charge in [-0.3, -0.25) is 0 Å². The van der Waals surface area contributed by atoms with Gasteiger partial charge in [-0.1, -0.05) is 206 Å². The molecule has 270 valence electrons. The number of anilines is 4. The van der Waals surface area contributed by atoms with Gasteiger partial charge < -0.3 is 9.13 Å². The van der Waals surface area contributed by atoms with Crippen molar-refractivity contribution in [2.45, 2.75) is 0 Å². The van der Waals surface area contributed by atoms with Crippen molar-refractivity contribution >= 4 is 41.5 Å². The summed E-state index contributed by atoms with van der Waals surface area (Å²) in [4.78, 5) is 0. The lowest BCUT2D eigenvalue weighted by Crippen LogP contribution is -2.75. The quantitative estimate of drug-likeness (QED) is 0.143. The lowest BCUT2D eigenvalue weighted by Gasteiger charge is -2.44. The highest BCUT2D eigenvalue weighted by Gasteiger charge is 2.57. The van der Waals surface area contributed by atoms with E-state index in [2.05, 4.69) is 252 Å². The lowest BCUT2D eigenvalue weighted by molar-refractivity contribution is 1.35. The number of benzene rings is 9. The molecule has 0 bridgehead atoms. The van der Waals surface area contributed by atoms with Crippen molar-refractivity contribution in [3.8, 4) is 44.5 Å². The standard InChI is InChI=1S/C54H40N2Si/c1-5-15-41(16-6-1)45-25-33-49(34-26-45)55-53-23-13-14-24-54(53)56(50-35-27-46(28-36-50)42-17-7-2-8-18-42)57(55,51-37-29-47(30-38-51)43-19-9-3-10-20-43)52-39-31-48(32-40-52)44-21-11-4-12-22-44/h1-40H. The molecule has 0 atom stereocenters. The Kier molecular flexibility index (Phi) is 8.90. The van der Waals surface area contributed by atoms with Gasteiger partial charge in [-0.05, 0) is 91.3 Å². The molecule has 2 nitrogen and oxygen atoms in total. The molecule has 0 spiro atoms. The van der Waals surface area contributed by atoms with Gasteiger partial charge in [0.25, 0.3) is 0 Å². The van der Waals surface area contributed by atoms with Crippen LogP contribution in [0.4, 0.5) is 22.7 Å². The topological polar surface area (TPSA) is 6.48 Å². The SMILES string of the molecule is c1ccc(-c2ccc(N3c4ccccc4N(c4ccc(-c5ccccc5)cc4)[Si]3(c3ccc(-c4ccccc4)cc3)c3ccc(-c4ccccc4)cc3)cc2)cc1. The van der Waals surface area contributed by atoms with Gasteiger partial charge in [0, 0.05) is 11.4 Å². The summed E-state index contributed by atoms with van der Waals surface area (Å²) in [6.45, 7) is 0. The minimum absolute atomic E-state index is 1.16. The summed E-state index contributed by atoms with van der Waals surface area (Å²) in [6, 6.07) is 88.9. The van der Waals surface area contributed by atoms with E-state index in [1.807, 2.05) is 0 Å². The maximum absolute atomic E-state index is 3.20. The van der Waals surface area contributed by atoms with Gasteiger partial charge in [-0.2, -0.15) is 0 Å². The number of rotatable bonds is 8. The highest BCUT2D eigenvalue weighted by molar-refractivity contribution is 7.10. The minimum atomic E-state index is -3.20. The van der Waals surface area contributed by atoms with Crippen LogP contribution in [0, 0.1) is 0 Å². The molecule has 0 N–H and O–H groups in total. The molecule has 0 saturated heterocycles. The molecule has 57 heavy (non-hydrogen) atoms. The summed E-state index contributed by atoms with van der Waals surface area (Å²) >= 11 is 0. The van der Waals surface area contributed by atoms with Crippen molar-refractivity contribution in [3.63, 3.8) is 0 Å². The van der Waals surface area contributed by atoms with E-state index < -0.39 is 8.40 Å². The molecular formula is C54H40N2Si. The van der Waals surface area contributed by atoms with E-state index in [9.17, 15) is 0 Å². The van der Waals surface area contributed by atoms with E-state index in [0.717, 1.165) is 11.4 Å². The van der Waals surface area contributed by atoms with E-state index in [4.69, 9.17) is 0 Å². The van der Waals surface area contributed by atoms with Gasteiger partial charge in [-0.25, -0.2) is 0 Å². The summed E-state index contributed by atoms with van der Waals surface area (Å²) in [5.74, 6) is 0. The maximum Gasteiger partial charge on any atom is 0.340 e. The van der Waals surface area contributed by atoms with Crippen molar-refractivity contribution in [2.24, 2.45) is 0 Å². The highest BCUT2D eigenvalue weighted by atomic mass is 28.3. The smallest absolute Gasteiger partial charge is 0.340 e. The molecular weight excluding hydrogens is 705 g/mol. The Labute approximate surface area is 336 Å². The second-order valence-corrected chi connectivity index (χ2v) is 17.9. The zero-order chi connectivity index (χ0) is 38.0. The maximum atomic E-state index is 2.69. The Morgan fingerprint density at radius 2 is 0.439 bits per heavy atom. The van der Waals surface area contributed by atoms with Crippen molar-refractivity contribution in [1.29, 1.82) is 0 Å².